The molecule has 172 valence electrons. The van der Waals surface area contributed by atoms with Crippen LogP contribution < -0.4 is 0 Å². The number of ether oxygens (including phenoxy) is 1. The monoisotopic (exact) mass is 422 g/mol. The van der Waals surface area contributed by atoms with Gasteiger partial charge in [0.1, 0.15) is 5.78 Å². The number of aliphatic hydroxyl groups is 1. The van der Waals surface area contributed by atoms with E-state index in [-0.39, 0.29) is 36.4 Å². The van der Waals surface area contributed by atoms with Crippen LogP contribution in [0.3, 0.4) is 0 Å². The maximum absolute atomic E-state index is 12.3. The van der Waals surface area contributed by atoms with Gasteiger partial charge in [0.25, 0.3) is 0 Å². The Bertz CT molecular complexity index is 578. The highest BCUT2D eigenvalue weighted by Crippen LogP contribution is 2.34. The lowest BCUT2D eigenvalue weighted by Gasteiger charge is -2.29. The van der Waals surface area contributed by atoms with Crippen molar-refractivity contribution in [1.82, 2.24) is 0 Å². The lowest BCUT2D eigenvalue weighted by molar-refractivity contribution is -0.153. The van der Waals surface area contributed by atoms with Crippen molar-refractivity contribution >= 4 is 17.5 Å². The van der Waals surface area contributed by atoms with Crippen molar-refractivity contribution in [2.75, 3.05) is 6.61 Å². The number of unbranched alkanes of at least 4 members (excludes halogenated alkanes) is 3. The molecule has 1 aliphatic rings. The van der Waals surface area contributed by atoms with Crippen LogP contribution in [-0.2, 0) is 19.1 Å². The molecule has 1 rings (SSSR count). The van der Waals surface area contributed by atoms with Crippen molar-refractivity contribution in [2.24, 2.45) is 17.3 Å². The number of carbonyl (C=O) groups excluding carboxylic acids is 3. The summed E-state index contributed by atoms with van der Waals surface area (Å²) in [5.74, 6) is -0.453. The summed E-state index contributed by atoms with van der Waals surface area (Å²) in [6.07, 6.45) is 12.7. The number of allylic oxidation sites excluding steroid dienone is 1. The van der Waals surface area contributed by atoms with Crippen molar-refractivity contribution in [3.63, 3.8) is 0 Å². The van der Waals surface area contributed by atoms with E-state index in [9.17, 15) is 19.5 Å². The zero-order valence-corrected chi connectivity index (χ0v) is 19.5. The van der Waals surface area contributed by atoms with Gasteiger partial charge in [0.2, 0.25) is 5.78 Å². The minimum absolute atomic E-state index is 0.0847. The molecule has 0 radical (unpaired) electrons. The fourth-order valence-electron chi connectivity index (χ4n) is 4.37. The van der Waals surface area contributed by atoms with E-state index < -0.39 is 11.8 Å². The number of hydrogen-bond donors (Lipinski definition) is 1. The van der Waals surface area contributed by atoms with Crippen LogP contribution in [0.1, 0.15) is 98.3 Å². The van der Waals surface area contributed by atoms with Crippen molar-refractivity contribution in [2.45, 2.75) is 104 Å². The lowest BCUT2D eigenvalue weighted by Crippen LogP contribution is -2.28. The van der Waals surface area contributed by atoms with E-state index in [2.05, 4.69) is 32.9 Å². The van der Waals surface area contributed by atoms with E-state index in [4.69, 9.17) is 4.74 Å². The molecule has 1 aliphatic carbocycles. The molecular weight excluding hydrogens is 380 g/mol. The largest absolute Gasteiger partial charge is 0.460 e. The van der Waals surface area contributed by atoms with Gasteiger partial charge in [0, 0.05) is 18.8 Å². The summed E-state index contributed by atoms with van der Waals surface area (Å²) in [6.45, 7) is 8.27. The maximum Gasteiger partial charge on any atom is 0.374 e. The Kier molecular flexibility index (Phi) is 12.2. The molecule has 0 spiro atoms. The number of esters is 1. The zero-order valence-electron chi connectivity index (χ0n) is 19.5. The highest BCUT2D eigenvalue weighted by molar-refractivity contribution is 6.33. The van der Waals surface area contributed by atoms with Gasteiger partial charge in [0.15, 0.2) is 0 Å². The third-order valence-electron chi connectivity index (χ3n) is 6.37. The van der Waals surface area contributed by atoms with Gasteiger partial charge in [0.05, 0.1) is 12.7 Å². The average Bonchev–Trinajstić information content (AvgIpc) is 3.04. The predicted molar refractivity (Wildman–Crippen MR) is 119 cm³/mol. The molecule has 0 aromatic rings. The van der Waals surface area contributed by atoms with Crippen LogP contribution in [-0.4, -0.2) is 35.4 Å². The summed E-state index contributed by atoms with van der Waals surface area (Å²) >= 11 is 0. The molecule has 0 saturated heterocycles. The highest BCUT2D eigenvalue weighted by atomic mass is 16.5. The molecule has 0 aromatic carbocycles. The first-order valence-electron chi connectivity index (χ1n) is 11.8. The van der Waals surface area contributed by atoms with E-state index in [0.29, 0.717) is 25.0 Å². The summed E-state index contributed by atoms with van der Waals surface area (Å²) in [5, 5.41) is 10.5. The zero-order chi connectivity index (χ0) is 22.6. The van der Waals surface area contributed by atoms with Crippen LogP contribution in [0.15, 0.2) is 12.2 Å². The predicted octanol–water partition coefficient (Wildman–Crippen LogP) is 5.19. The summed E-state index contributed by atoms with van der Waals surface area (Å²) in [7, 11) is 0. The molecule has 0 bridgehead atoms. The SMILES string of the molecule is CCCC(C)(C)C(O)CC=C[C@H]1CCC(=O)[C@@H]1CCCCCCC(=O)C(=O)OCC. The number of ketones is 2. The van der Waals surface area contributed by atoms with Crippen LogP contribution in [0.5, 0.6) is 0 Å². The Morgan fingerprint density at radius 1 is 1.20 bits per heavy atom. The molecule has 0 heterocycles. The Morgan fingerprint density at radius 3 is 2.57 bits per heavy atom. The van der Waals surface area contributed by atoms with E-state index >= 15 is 0 Å². The normalized spacial score (nSPS) is 20.6. The van der Waals surface area contributed by atoms with E-state index in [1.54, 1.807) is 6.92 Å². The third-order valence-corrected chi connectivity index (χ3v) is 6.37. The number of rotatable bonds is 15. The van der Waals surface area contributed by atoms with Gasteiger partial charge >= 0.3 is 5.97 Å². The fraction of sp³-hybridized carbons (Fsp3) is 0.800. The Labute approximate surface area is 182 Å². The highest BCUT2D eigenvalue weighted by Gasteiger charge is 2.32. The second-order valence-electron chi connectivity index (χ2n) is 9.29. The standard InChI is InChI=1S/C25H42O5/c1-5-18-25(3,4)23(28)15-11-12-19-16-17-21(26)20(19)13-9-7-8-10-14-22(27)24(29)30-6-2/h11-12,19-20,23,28H,5-10,13-18H2,1-4H3/t19-,20+,23?/m0/s1. The average molecular weight is 423 g/mol. The first kappa shape index (κ1) is 26.5. The van der Waals surface area contributed by atoms with Gasteiger partial charge in [-0.1, -0.05) is 58.6 Å². The van der Waals surface area contributed by atoms with Gasteiger partial charge in [-0.05, 0) is 50.4 Å². The Morgan fingerprint density at radius 2 is 1.90 bits per heavy atom. The molecule has 0 aliphatic heterocycles. The molecule has 1 fully saturated rings. The third kappa shape index (κ3) is 9.11. The van der Waals surface area contributed by atoms with E-state index in [1.165, 1.54) is 0 Å². The summed E-state index contributed by atoms with van der Waals surface area (Å²) in [4.78, 5) is 35.1. The quantitative estimate of drug-likeness (QED) is 0.170. The number of Topliss-reactive ketones (excluding diaryl/α,β-unsaturated/α-hetero) is 2. The van der Waals surface area contributed by atoms with Gasteiger partial charge in [-0.25, -0.2) is 4.79 Å². The van der Waals surface area contributed by atoms with Crippen molar-refractivity contribution in [3.8, 4) is 0 Å². The number of carbonyl (C=O) groups is 3. The minimum atomic E-state index is -0.730. The molecular formula is C25H42O5. The van der Waals surface area contributed by atoms with Crippen LogP contribution in [0, 0.1) is 17.3 Å². The minimum Gasteiger partial charge on any atom is -0.460 e. The fourth-order valence-corrected chi connectivity index (χ4v) is 4.37. The first-order valence-corrected chi connectivity index (χ1v) is 11.8. The number of hydrogen-bond acceptors (Lipinski definition) is 5. The van der Waals surface area contributed by atoms with E-state index in [1.807, 2.05) is 0 Å². The molecule has 0 amide bonds. The van der Waals surface area contributed by atoms with Crippen LogP contribution in [0.2, 0.25) is 0 Å². The second-order valence-corrected chi connectivity index (χ2v) is 9.29. The van der Waals surface area contributed by atoms with Gasteiger partial charge in [-0.2, -0.15) is 0 Å². The van der Waals surface area contributed by atoms with Crippen LogP contribution >= 0.6 is 0 Å². The van der Waals surface area contributed by atoms with E-state index in [0.717, 1.165) is 44.9 Å². The molecule has 1 saturated carbocycles. The molecule has 1 unspecified atom stereocenters. The number of aliphatic hydroxyl groups excluding tert-OH is 1. The smallest absolute Gasteiger partial charge is 0.374 e. The molecule has 3 atom stereocenters. The molecule has 30 heavy (non-hydrogen) atoms. The Hall–Kier alpha value is -1.49. The van der Waals surface area contributed by atoms with Gasteiger partial charge in [-0.3, -0.25) is 9.59 Å². The first-order chi connectivity index (χ1) is 14.2. The molecule has 5 nitrogen and oxygen atoms in total. The van der Waals surface area contributed by atoms with Crippen molar-refractivity contribution in [3.05, 3.63) is 12.2 Å². The molecule has 1 N–H and O–H groups in total. The molecule has 0 aromatic heterocycles. The lowest BCUT2D eigenvalue weighted by atomic mass is 9.80. The Balaban J connectivity index is 2.33. The van der Waals surface area contributed by atoms with Gasteiger partial charge in [-0.15, -0.1) is 0 Å². The van der Waals surface area contributed by atoms with Crippen molar-refractivity contribution < 1.29 is 24.2 Å². The second kappa shape index (κ2) is 13.7. The van der Waals surface area contributed by atoms with Crippen LogP contribution in [0.4, 0.5) is 0 Å². The summed E-state index contributed by atoms with van der Waals surface area (Å²) in [6, 6.07) is 0. The topological polar surface area (TPSA) is 80.7 Å². The van der Waals surface area contributed by atoms with Crippen LogP contribution in [0.25, 0.3) is 0 Å². The van der Waals surface area contributed by atoms with Gasteiger partial charge < -0.3 is 9.84 Å². The maximum atomic E-state index is 12.3. The molecule has 5 heteroatoms. The summed E-state index contributed by atoms with van der Waals surface area (Å²) in [5.41, 5.74) is -0.0847. The van der Waals surface area contributed by atoms with Crippen molar-refractivity contribution in [1.29, 1.82) is 0 Å². The summed E-state index contributed by atoms with van der Waals surface area (Å²) < 4.78 is 4.70.